The topological polar surface area (TPSA) is 107 Å². The molecule has 2 amide bonds. The number of primary amides is 1. The third-order valence-corrected chi connectivity index (χ3v) is 4.21. The molecule has 0 aliphatic heterocycles. The SMILES string of the molecule is CC(C)(C)c1nc(C(=O)Nc2cnc(Cl)c(OC(N)=O)c2)cs1. The van der Waals surface area contributed by atoms with Gasteiger partial charge in [0.1, 0.15) is 5.69 Å². The number of ether oxygens (including phenoxy) is 1. The van der Waals surface area contributed by atoms with Gasteiger partial charge < -0.3 is 15.8 Å². The fourth-order valence-corrected chi connectivity index (χ4v) is 2.62. The number of hydrogen-bond donors (Lipinski definition) is 2. The molecule has 0 aromatic carbocycles. The Morgan fingerprint density at radius 2 is 2.09 bits per heavy atom. The van der Waals surface area contributed by atoms with Crippen molar-refractivity contribution < 1.29 is 14.3 Å². The molecule has 23 heavy (non-hydrogen) atoms. The van der Waals surface area contributed by atoms with Crippen LogP contribution in [0.25, 0.3) is 0 Å². The predicted molar refractivity (Wildman–Crippen MR) is 88.2 cm³/mol. The summed E-state index contributed by atoms with van der Waals surface area (Å²) in [5.41, 5.74) is 5.41. The number of rotatable bonds is 3. The van der Waals surface area contributed by atoms with Gasteiger partial charge in [-0.25, -0.2) is 14.8 Å². The van der Waals surface area contributed by atoms with Crippen LogP contribution in [-0.2, 0) is 5.41 Å². The van der Waals surface area contributed by atoms with Gasteiger partial charge in [-0.15, -0.1) is 11.3 Å². The molecule has 2 aromatic rings. The second kappa shape index (κ2) is 6.51. The van der Waals surface area contributed by atoms with E-state index < -0.39 is 12.0 Å². The van der Waals surface area contributed by atoms with Crippen molar-refractivity contribution in [1.29, 1.82) is 0 Å². The van der Waals surface area contributed by atoms with E-state index in [0.29, 0.717) is 11.4 Å². The van der Waals surface area contributed by atoms with E-state index in [9.17, 15) is 9.59 Å². The first-order chi connectivity index (χ1) is 10.7. The van der Waals surface area contributed by atoms with Gasteiger partial charge >= 0.3 is 6.09 Å². The van der Waals surface area contributed by atoms with Crippen molar-refractivity contribution >= 4 is 40.6 Å². The average Bonchev–Trinajstić information content (AvgIpc) is 2.91. The van der Waals surface area contributed by atoms with Crippen molar-refractivity contribution in [2.75, 3.05) is 5.32 Å². The molecule has 3 N–H and O–H groups in total. The van der Waals surface area contributed by atoms with Crippen LogP contribution in [0.15, 0.2) is 17.6 Å². The number of halogens is 1. The van der Waals surface area contributed by atoms with Gasteiger partial charge in [-0.1, -0.05) is 32.4 Å². The Morgan fingerprint density at radius 1 is 1.39 bits per heavy atom. The maximum Gasteiger partial charge on any atom is 0.410 e. The molecular formula is C14H15ClN4O3S. The van der Waals surface area contributed by atoms with Crippen molar-refractivity contribution in [1.82, 2.24) is 9.97 Å². The van der Waals surface area contributed by atoms with E-state index in [2.05, 4.69) is 15.3 Å². The first kappa shape index (κ1) is 17.2. The van der Waals surface area contributed by atoms with Crippen molar-refractivity contribution in [3.05, 3.63) is 33.5 Å². The molecule has 0 unspecified atom stereocenters. The number of pyridine rings is 1. The van der Waals surface area contributed by atoms with E-state index in [1.165, 1.54) is 23.6 Å². The van der Waals surface area contributed by atoms with Crippen LogP contribution in [0.4, 0.5) is 10.5 Å². The molecule has 0 aliphatic carbocycles. The summed E-state index contributed by atoms with van der Waals surface area (Å²) in [6.07, 6.45) is 0.317. The number of carbonyl (C=O) groups excluding carboxylic acids is 2. The van der Waals surface area contributed by atoms with Crippen molar-refractivity contribution in [2.24, 2.45) is 5.73 Å². The van der Waals surface area contributed by atoms with Gasteiger partial charge in [0, 0.05) is 16.9 Å². The van der Waals surface area contributed by atoms with E-state index in [1.807, 2.05) is 20.8 Å². The molecule has 2 heterocycles. The van der Waals surface area contributed by atoms with Crippen LogP contribution in [0.5, 0.6) is 5.75 Å². The van der Waals surface area contributed by atoms with Crippen molar-refractivity contribution in [3.63, 3.8) is 0 Å². The van der Waals surface area contributed by atoms with Crippen LogP contribution in [0.1, 0.15) is 36.3 Å². The molecule has 0 aliphatic rings. The highest BCUT2D eigenvalue weighted by Crippen LogP contribution is 2.27. The Bertz CT molecular complexity index is 755. The summed E-state index contributed by atoms with van der Waals surface area (Å²) in [4.78, 5) is 31.1. The quantitative estimate of drug-likeness (QED) is 0.823. The molecule has 0 atom stereocenters. The van der Waals surface area contributed by atoms with E-state index in [-0.39, 0.29) is 16.3 Å². The number of anilines is 1. The zero-order valence-corrected chi connectivity index (χ0v) is 14.3. The summed E-state index contributed by atoms with van der Waals surface area (Å²) in [6, 6.07) is 1.36. The maximum atomic E-state index is 12.2. The molecule has 0 saturated carbocycles. The van der Waals surface area contributed by atoms with Gasteiger partial charge in [0.2, 0.25) is 0 Å². The van der Waals surface area contributed by atoms with E-state index >= 15 is 0 Å². The fraction of sp³-hybridized carbons (Fsp3) is 0.286. The summed E-state index contributed by atoms with van der Waals surface area (Å²) in [6.45, 7) is 6.05. The third kappa shape index (κ3) is 4.40. The highest BCUT2D eigenvalue weighted by Gasteiger charge is 2.20. The second-order valence-corrected chi connectivity index (χ2v) is 6.89. The lowest BCUT2D eigenvalue weighted by molar-refractivity contribution is 0.102. The van der Waals surface area contributed by atoms with Crippen molar-refractivity contribution in [2.45, 2.75) is 26.2 Å². The largest absolute Gasteiger partial charge is 0.410 e. The lowest BCUT2D eigenvalue weighted by Crippen LogP contribution is -2.17. The Kier molecular flexibility index (Phi) is 4.86. The van der Waals surface area contributed by atoms with Gasteiger partial charge in [-0.2, -0.15) is 0 Å². The normalized spacial score (nSPS) is 11.1. The Morgan fingerprint density at radius 3 is 2.65 bits per heavy atom. The Balaban J connectivity index is 2.17. The number of carbonyl (C=O) groups is 2. The number of aromatic nitrogens is 2. The minimum Gasteiger partial charge on any atom is -0.407 e. The summed E-state index contributed by atoms with van der Waals surface area (Å²) in [5.74, 6) is -0.434. The number of nitrogens with two attached hydrogens (primary N) is 1. The molecule has 9 heteroatoms. The van der Waals surface area contributed by atoms with Crippen LogP contribution < -0.4 is 15.8 Å². The van der Waals surface area contributed by atoms with E-state index in [4.69, 9.17) is 22.1 Å². The summed E-state index contributed by atoms with van der Waals surface area (Å²) >= 11 is 7.19. The lowest BCUT2D eigenvalue weighted by Gasteiger charge is -2.13. The molecule has 2 aromatic heterocycles. The summed E-state index contributed by atoms with van der Waals surface area (Å²) in [7, 11) is 0. The summed E-state index contributed by atoms with van der Waals surface area (Å²) < 4.78 is 4.70. The second-order valence-electron chi connectivity index (χ2n) is 5.68. The maximum absolute atomic E-state index is 12.2. The molecule has 0 saturated heterocycles. The Hall–Kier alpha value is -2.19. The van der Waals surface area contributed by atoms with Crippen LogP contribution in [0.2, 0.25) is 5.15 Å². The predicted octanol–water partition coefficient (Wildman–Crippen LogP) is 3.20. The molecule has 2 rings (SSSR count). The average molecular weight is 355 g/mol. The number of hydrogen-bond acceptors (Lipinski definition) is 6. The molecular weight excluding hydrogens is 340 g/mol. The smallest absolute Gasteiger partial charge is 0.407 e. The molecule has 0 spiro atoms. The highest BCUT2D eigenvalue weighted by atomic mass is 35.5. The zero-order chi connectivity index (χ0) is 17.2. The van der Waals surface area contributed by atoms with Crippen LogP contribution in [-0.4, -0.2) is 22.0 Å². The number of thiazole rings is 1. The fourth-order valence-electron chi connectivity index (χ4n) is 1.59. The first-order valence-corrected chi connectivity index (χ1v) is 7.83. The summed E-state index contributed by atoms with van der Waals surface area (Å²) in [5, 5.41) is 5.12. The molecule has 0 bridgehead atoms. The van der Waals surface area contributed by atoms with Crippen molar-refractivity contribution in [3.8, 4) is 5.75 Å². The molecule has 122 valence electrons. The number of amides is 2. The number of nitrogens with one attached hydrogen (secondary N) is 1. The van der Waals surface area contributed by atoms with Gasteiger partial charge in [0.05, 0.1) is 16.9 Å². The minimum absolute atomic E-state index is 0.0365. The van der Waals surface area contributed by atoms with Gasteiger partial charge in [0.25, 0.3) is 5.91 Å². The van der Waals surface area contributed by atoms with Gasteiger partial charge in [-0.05, 0) is 0 Å². The number of nitrogens with zero attached hydrogens (tertiary/aromatic N) is 2. The molecule has 0 radical (unpaired) electrons. The third-order valence-electron chi connectivity index (χ3n) is 2.65. The Labute approximate surface area is 141 Å². The standard InChI is InChI=1S/C14H15ClN4O3S/c1-14(2,3)12-19-8(6-23-12)11(20)18-7-4-9(22-13(16)21)10(15)17-5-7/h4-6H,1-3H3,(H2,16,21)(H,18,20). The minimum atomic E-state index is -1.02. The molecule has 0 fully saturated rings. The molecule has 7 nitrogen and oxygen atoms in total. The first-order valence-electron chi connectivity index (χ1n) is 6.57. The lowest BCUT2D eigenvalue weighted by atomic mass is 9.98. The van der Waals surface area contributed by atoms with E-state index in [0.717, 1.165) is 5.01 Å². The van der Waals surface area contributed by atoms with Gasteiger partial charge in [0.15, 0.2) is 10.9 Å². The zero-order valence-electron chi connectivity index (χ0n) is 12.7. The van der Waals surface area contributed by atoms with Crippen LogP contribution >= 0.6 is 22.9 Å². The van der Waals surface area contributed by atoms with E-state index in [1.54, 1.807) is 5.38 Å². The van der Waals surface area contributed by atoms with Crippen LogP contribution in [0, 0.1) is 0 Å². The highest BCUT2D eigenvalue weighted by molar-refractivity contribution is 7.10. The van der Waals surface area contributed by atoms with Gasteiger partial charge in [-0.3, -0.25) is 4.79 Å². The monoisotopic (exact) mass is 354 g/mol. The van der Waals surface area contributed by atoms with Crippen LogP contribution in [0.3, 0.4) is 0 Å².